The van der Waals surface area contributed by atoms with Crippen molar-refractivity contribution in [3.8, 4) is 5.69 Å². The lowest BCUT2D eigenvalue weighted by atomic mass is 10.1. The molecule has 3 nitrogen and oxygen atoms in total. The summed E-state index contributed by atoms with van der Waals surface area (Å²) in [4.78, 5) is 0. The van der Waals surface area contributed by atoms with E-state index in [2.05, 4.69) is 12.0 Å². The van der Waals surface area contributed by atoms with Gasteiger partial charge in [-0.3, -0.25) is 0 Å². The van der Waals surface area contributed by atoms with Crippen molar-refractivity contribution in [2.24, 2.45) is 0 Å². The van der Waals surface area contributed by atoms with Gasteiger partial charge in [-0.1, -0.05) is 30.1 Å². The minimum atomic E-state index is 0.508. The van der Waals surface area contributed by atoms with Crippen LogP contribution in [-0.4, -0.2) is 9.78 Å². The summed E-state index contributed by atoms with van der Waals surface area (Å²) in [5.74, 6) is 0. The molecular weight excluding hydrogens is 269 g/mol. The molecule has 0 spiro atoms. The topological polar surface area (TPSA) is 43.8 Å². The molecule has 0 bridgehead atoms. The Morgan fingerprint density at radius 3 is 2.22 bits per heavy atom. The molecule has 0 amide bonds. The third-order valence-corrected chi connectivity index (χ3v) is 3.62. The van der Waals surface area contributed by atoms with E-state index in [0.29, 0.717) is 21.4 Å². The van der Waals surface area contributed by atoms with E-state index in [4.69, 9.17) is 28.9 Å². The van der Waals surface area contributed by atoms with Gasteiger partial charge in [-0.25, -0.2) is 4.68 Å². The molecule has 0 radical (unpaired) electrons. The van der Waals surface area contributed by atoms with Crippen LogP contribution in [0.5, 0.6) is 0 Å². The first-order valence-electron chi connectivity index (χ1n) is 5.75. The van der Waals surface area contributed by atoms with Crippen molar-refractivity contribution in [3.63, 3.8) is 0 Å². The maximum absolute atomic E-state index is 6.22. The Labute approximate surface area is 117 Å². The third kappa shape index (κ3) is 2.08. The third-order valence-electron chi connectivity index (χ3n) is 3.05. The molecule has 1 aromatic heterocycles. The first-order valence-corrected chi connectivity index (χ1v) is 6.51. The fraction of sp³-hybridized carbons (Fsp3) is 0.308. The minimum Gasteiger partial charge on any atom is -0.399 e. The number of nitrogen functional groups attached to an aromatic ring is 1. The molecule has 0 aliphatic heterocycles. The molecule has 0 saturated carbocycles. The van der Waals surface area contributed by atoms with Crippen LogP contribution < -0.4 is 5.73 Å². The van der Waals surface area contributed by atoms with Crippen molar-refractivity contribution < 1.29 is 0 Å². The Kier molecular flexibility index (Phi) is 3.55. The van der Waals surface area contributed by atoms with Crippen LogP contribution in [0.1, 0.15) is 23.9 Å². The Morgan fingerprint density at radius 1 is 1.22 bits per heavy atom. The summed E-state index contributed by atoms with van der Waals surface area (Å²) in [6.07, 6.45) is 0.932. The van der Waals surface area contributed by atoms with Gasteiger partial charge in [0.2, 0.25) is 0 Å². The number of benzene rings is 1. The van der Waals surface area contributed by atoms with Gasteiger partial charge in [-0.15, -0.1) is 0 Å². The highest BCUT2D eigenvalue weighted by Gasteiger charge is 2.16. The summed E-state index contributed by atoms with van der Waals surface area (Å²) in [6, 6.07) is 3.37. The van der Waals surface area contributed by atoms with Gasteiger partial charge in [-0.2, -0.15) is 5.10 Å². The number of anilines is 1. The van der Waals surface area contributed by atoms with Gasteiger partial charge in [0.15, 0.2) is 0 Å². The molecule has 2 rings (SSSR count). The second-order valence-corrected chi connectivity index (χ2v) is 5.06. The van der Waals surface area contributed by atoms with E-state index in [9.17, 15) is 0 Å². The Balaban J connectivity index is 2.70. The molecule has 0 unspecified atom stereocenters. The minimum absolute atomic E-state index is 0.508. The van der Waals surface area contributed by atoms with Crippen LogP contribution in [0.3, 0.4) is 0 Å². The van der Waals surface area contributed by atoms with E-state index in [1.54, 1.807) is 16.8 Å². The lowest BCUT2D eigenvalue weighted by Crippen LogP contribution is -2.02. The SMILES string of the molecule is CCc1c(C)nn(-c2c(Cl)cc(N)cc2Cl)c1C. The molecule has 2 N–H and O–H groups in total. The van der Waals surface area contributed by atoms with Gasteiger partial charge in [0.25, 0.3) is 0 Å². The van der Waals surface area contributed by atoms with Crippen molar-refractivity contribution in [2.75, 3.05) is 5.73 Å². The quantitative estimate of drug-likeness (QED) is 0.849. The molecule has 5 heteroatoms. The van der Waals surface area contributed by atoms with Crippen molar-refractivity contribution in [3.05, 3.63) is 39.1 Å². The van der Waals surface area contributed by atoms with Crippen LogP contribution in [0.25, 0.3) is 5.69 Å². The van der Waals surface area contributed by atoms with E-state index in [1.807, 2.05) is 13.8 Å². The molecule has 1 aromatic carbocycles. The van der Waals surface area contributed by atoms with Gasteiger partial charge in [0, 0.05) is 11.4 Å². The van der Waals surface area contributed by atoms with Crippen LogP contribution in [0.4, 0.5) is 5.69 Å². The average molecular weight is 284 g/mol. The number of nitrogens with zero attached hydrogens (tertiary/aromatic N) is 2. The molecule has 0 fully saturated rings. The zero-order chi connectivity index (χ0) is 13.4. The zero-order valence-electron chi connectivity index (χ0n) is 10.6. The molecule has 2 aromatic rings. The van der Waals surface area contributed by atoms with E-state index in [0.717, 1.165) is 17.8 Å². The molecule has 1 heterocycles. The van der Waals surface area contributed by atoms with E-state index >= 15 is 0 Å². The summed E-state index contributed by atoms with van der Waals surface area (Å²) >= 11 is 12.4. The van der Waals surface area contributed by atoms with Crippen LogP contribution >= 0.6 is 23.2 Å². The summed E-state index contributed by atoms with van der Waals surface area (Å²) in [5.41, 5.74) is 10.2. The normalized spacial score (nSPS) is 10.9. The number of aromatic nitrogens is 2. The largest absolute Gasteiger partial charge is 0.399 e. The van der Waals surface area contributed by atoms with E-state index < -0.39 is 0 Å². The highest BCUT2D eigenvalue weighted by atomic mass is 35.5. The highest BCUT2D eigenvalue weighted by molar-refractivity contribution is 6.38. The number of nitrogens with two attached hydrogens (primary N) is 1. The predicted molar refractivity (Wildman–Crippen MR) is 76.8 cm³/mol. The molecule has 0 atom stereocenters. The number of halogens is 2. The van der Waals surface area contributed by atoms with Crippen molar-refractivity contribution in [2.45, 2.75) is 27.2 Å². The van der Waals surface area contributed by atoms with Gasteiger partial charge in [-0.05, 0) is 38.0 Å². The van der Waals surface area contributed by atoms with Crippen molar-refractivity contribution in [1.82, 2.24) is 9.78 Å². The number of aryl methyl sites for hydroxylation is 1. The van der Waals surface area contributed by atoms with Crippen LogP contribution in [0, 0.1) is 13.8 Å². The van der Waals surface area contributed by atoms with Crippen LogP contribution in [0.15, 0.2) is 12.1 Å². The first-order chi connectivity index (χ1) is 8.45. The van der Waals surface area contributed by atoms with Gasteiger partial charge in [0.05, 0.1) is 15.7 Å². The molecule has 18 heavy (non-hydrogen) atoms. The molecule has 0 saturated heterocycles. The number of hydrogen-bond acceptors (Lipinski definition) is 2. The second-order valence-electron chi connectivity index (χ2n) is 4.25. The monoisotopic (exact) mass is 283 g/mol. The van der Waals surface area contributed by atoms with Gasteiger partial charge in [0.1, 0.15) is 5.69 Å². The first kappa shape index (κ1) is 13.2. The van der Waals surface area contributed by atoms with Crippen LogP contribution in [-0.2, 0) is 6.42 Å². The summed E-state index contributed by atoms with van der Waals surface area (Å²) in [6.45, 7) is 6.11. The summed E-state index contributed by atoms with van der Waals surface area (Å²) in [7, 11) is 0. The molecule has 96 valence electrons. The number of hydrogen-bond donors (Lipinski definition) is 1. The average Bonchev–Trinajstić information content (AvgIpc) is 2.53. The maximum atomic E-state index is 6.22. The smallest absolute Gasteiger partial charge is 0.102 e. The van der Waals surface area contributed by atoms with Gasteiger partial charge < -0.3 is 5.73 Å². The Bertz CT molecular complexity index is 580. The van der Waals surface area contributed by atoms with E-state index in [-0.39, 0.29) is 0 Å². The summed E-state index contributed by atoms with van der Waals surface area (Å²) in [5, 5.41) is 5.52. The van der Waals surface area contributed by atoms with Crippen molar-refractivity contribution in [1.29, 1.82) is 0 Å². The van der Waals surface area contributed by atoms with Gasteiger partial charge >= 0.3 is 0 Å². The fourth-order valence-corrected chi connectivity index (χ4v) is 2.86. The summed E-state index contributed by atoms with van der Waals surface area (Å²) < 4.78 is 1.79. The standard InChI is InChI=1S/C13H15Cl2N3/c1-4-10-7(2)17-18(8(10)3)13-11(14)5-9(16)6-12(13)15/h5-6H,4,16H2,1-3H3. The van der Waals surface area contributed by atoms with Crippen LogP contribution in [0.2, 0.25) is 10.0 Å². The van der Waals surface area contributed by atoms with E-state index in [1.165, 1.54) is 5.56 Å². The molecule has 0 aliphatic carbocycles. The van der Waals surface area contributed by atoms with Crippen molar-refractivity contribution >= 4 is 28.9 Å². The highest BCUT2D eigenvalue weighted by Crippen LogP contribution is 2.32. The Hall–Kier alpha value is -1.19. The fourth-order valence-electron chi connectivity index (χ4n) is 2.19. The predicted octanol–water partition coefficient (Wildman–Crippen LogP) is 3.94. The Morgan fingerprint density at radius 2 is 1.78 bits per heavy atom. The molecule has 0 aliphatic rings. The second kappa shape index (κ2) is 4.82. The maximum Gasteiger partial charge on any atom is 0.102 e. The molecular formula is C13H15Cl2N3. The zero-order valence-corrected chi connectivity index (χ0v) is 12.1. The lowest BCUT2D eigenvalue weighted by Gasteiger charge is -2.10. The number of rotatable bonds is 2. The lowest BCUT2D eigenvalue weighted by molar-refractivity contribution is 0.833.